The number of amides is 2. The number of hydrogen-bond donors (Lipinski definition) is 3. The molecule has 0 aromatic heterocycles. The standard InChI is InChI=1S/C17H30N2O4/c1-4-17(5-2,16(22)23)11-18-14(20)10-12(3)19-15(21)13-8-6-7-9-13/h12-13H,4-11H2,1-3H3,(H,18,20)(H,19,21)(H,22,23). The van der Waals surface area contributed by atoms with Gasteiger partial charge in [0.2, 0.25) is 11.8 Å². The summed E-state index contributed by atoms with van der Waals surface area (Å²) in [6, 6.07) is -0.245. The van der Waals surface area contributed by atoms with Crippen molar-refractivity contribution < 1.29 is 19.5 Å². The van der Waals surface area contributed by atoms with E-state index in [0.29, 0.717) is 12.8 Å². The topological polar surface area (TPSA) is 95.5 Å². The van der Waals surface area contributed by atoms with Gasteiger partial charge in [0.1, 0.15) is 0 Å². The first-order valence-corrected chi connectivity index (χ1v) is 8.65. The molecule has 6 nitrogen and oxygen atoms in total. The molecule has 1 fully saturated rings. The Morgan fingerprint density at radius 1 is 1.17 bits per heavy atom. The van der Waals surface area contributed by atoms with Crippen LogP contribution in [0.4, 0.5) is 0 Å². The number of hydrogen-bond acceptors (Lipinski definition) is 3. The first-order chi connectivity index (χ1) is 10.8. The number of carbonyl (C=O) groups excluding carboxylic acids is 2. The molecule has 0 aromatic carbocycles. The normalized spacial score (nSPS) is 16.8. The van der Waals surface area contributed by atoms with Gasteiger partial charge in [0.15, 0.2) is 0 Å². The molecule has 0 aromatic rings. The van der Waals surface area contributed by atoms with E-state index in [9.17, 15) is 19.5 Å². The van der Waals surface area contributed by atoms with E-state index >= 15 is 0 Å². The van der Waals surface area contributed by atoms with Crippen LogP contribution in [0, 0.1) is 11.3 Å². The summed E-state index contributed by atoms with van der Waals surface area (Å²) in [5.74, 6) is -0.993. The van der Waals surface area contributed by atoms with E-state index in [0.717, 1.165) is 25.7 Å². The smallest absolute Gasteiger partial charge is 0.311 e. The summed E-state index contributed by atoms with van der Waals surface area (Å²) in [6.07, 6.45) is 5.15. The van der Waals surface area contributed by atoms with Gasteiger partial charge in [-0.2, -0.15) is 0 Å². The summed E-state index contributed by atoms with van der Waals surface area (Å²) >= 11 is 0. The molecule has 0 heterocycles. The van der Waals surface area contributed by atoms with Crippen LogP contribution < -0.4 is 10.6 Å². The summed E-state index contributed by atoms with van der Waals surface area (Å²) in [7, 11) is 0. The fourth-order valence-corrected chi connectivity index (χ4v) is 3.10. The summed E-state index contributed by atoms with van der Waals surface area (Å²) in [4.78, 5) is 35.4. The van der Waals surface area contributed by atoms with Crippen LogP contribution >= 0.6 is 0 Å². The zero-order valence-electron chi connectivity index (χ0n) is 14.5. The molecule has 0 spiro atoms. The Labute approximate surface area is 138 Å². The van der Waals surface area contributed by atoms with Gasteiger partial charge in [-0.05, 0) is 32.6 Å². The van der Waals surface area contributed by atoms with Gasteiger partial charge in [-0.3, -0.25) is 14.4 Å². The van der Waals surface area contributed by atoms with Gasteiger partial charge in [-0.15, -0.1) is 0 Å². The Morgan fingerprint density at radius 2 is 1.74 bits per heavy atom. The summed E-state index contributed by atoms with van der Waals surface area (Å²) in [6.45, 7) is 5.55. The van der Waals surface area contributed by atoms with Gasteiger partial charge < -0.3 is 15.7 Å². The molecule has 6 heteroatoms. The third kappa shape index (κ3) is 5.52. The van der Waals surface area contributed by atoms with Crippen molar-refractivity contribution in [1.82, 2.24) is 10.6 Å². The molecule has 2 amide bonds. The van der Waals surface area contributed by atoms with E-state index in [1.165, 1.54) is 0 Å². The van der Waals surface area contributed by atoms with Gasteiger partial charge >= 0.3 is 5.97 Å². The highest BCUT2D eigenvalue weighted by Gasteiger charge is 2.35. The van der Waals surface area contributed by atoms with Gasteiger partial charge in [-0.1, -0.05) is 26.7 Å². The predicted octanol–water partition coefficient (Wildman–Crippen LogP) is 2.08. The molecule has 1 saturated carbocycles. The van der Waals surface area contributed by atoms with Crippen molar-refractivity contribution in [2.24, 2.45) is 11.3 Å². The fraction of sp³-hybridized carbons (Fsp3) is 0.824. The lowest BCUT2D eigenvalue weighted by molar-refractivity contribution is -0.149. The van der Waals surface area contributed by atoms with Crippen LogP contribution in [-0.2, 0) is 14.4 Å². The highest BCUT2D eigenvalue weighted by Crippen LogP contribution is 2.26. The zero-order chi connectivity index (χ0) is 17.5. The fourth-order valence-electron chi connectivity index (χ4n) is 3.10. The summed E-state index contributed by atoms with van der Waals surface area (Å²) in [5, 5.41) is 14.9. The Kier molecular flexibility index (Phi) is 7.52. The number of carbonyl (C=O) groups is 3. The van der Waals surface area contributed by atoms with Gasteiger partial charge in [0.05, 0.1) is 5.41 Å². The van der Waals surface area contributed by atoms with Crippen molar-refractivity contribution in [2.45, 2.75) is 71.8 Å². The lowest BCUT2D eigenvalue weighted by Crippen LogP contribution is -2.44. The number of nitrogens with one attached hydrogen (secondary N) is 2. The van der Waals surface area contributed by atoms with Crippen molar-refractivity contribution in [1.29, 1.82) is 0 Å². The minimum atomic E-state index is -0.911. The van der Waals surface area contributed by atoms with E-state index in [4.69, 9.17) is 0 Å². The minimum Gasteiger partial charge on any atom is -0.481 e. The Balaban J connectivity index is 2.40. The second-order valence-corrected chi connectivity index (χ2v) is 6.66. The summed E-state index contributed by atoms with van der Waals surface area (Å²) in [5.41, 5.74) is -0.911. The maximum Gasteiger partial charge on any atom is 0.311 e. The van der Waals surface area contributed by atoms with Gasteiger partial charge in [0.25, 0.3) is 0 Å². The van der Waals surface area contributed by atoms with Gasteiger partial charge in [0, 0.05) is 24.9 Å². The monoisotopic (exact) mass is 326 g/mol. The van der Waals surface area contributed by atoms with Crippen LogP contribution in [0.5, 0.6) is 0 Å². The molecule has 1 atom stereocenters. The van der Waals surface area contributed by atoms with E-state index in [2.05, 4.69) is 10.6 Å². The molecule has 0 saturated heterocycles. The number of carboxylic acid groups (broad SMARTS) is 1. The van der Waals surface area contributed by atoms with Crippen LogP contribution in [0.3, 0.4) is 0 Å². The molecular weight excluding hydrogens is 296 g/mol. The molecule has 0 bridgehead atoms. The number of aliphatic carboxylic acids is 1. The third-order valence-corrected chi connectivity index (χ3v) is 5.04. The first kappa shape index (κ1) is 19.5. The first-order valence-electron chi connectivity index (χ1n) is 8.65. The van der Waals surface area contributed by atoms with E-state index in [-0.39, 0.29) is 36.7 Å². The van der Waals surface area contributed by atoms with Gasteiger partial charge in [-0.25, -0.2) is 0 Å². The average molecular weight is 326 g/mol. The lowest BCUT2D eigenvalue weighted by Gasteiger charge is -2.27. The SMILES string of the molecule is CCC(CC)(CNC(=O)CC(C)NC(=O)C1CCCC1)C(=O)O. The molecule has 1 aliphatic carbocycles. The van der Waals surface area contributed by atoms with Crippen LogP contribution in [0.15, 0.2) is 0 Å². The van der Waals surface area contributed by atoms with E-state index in [1.807, 2.05) is 13.8 Å². The maximum absolute atomic E-state index is 12.0. The van der Waals surface area contributed by atoms with Crippen LogP contribution in [0.2, 0.25) is 0 Å². The van der Waals surface area contributed by atoms with Crippen molar-refractivity contribution in [3.63, 3.8) is 0 Å². The minimum absolute atomic E-state index is 0.0322. The van der Waals surface area contributed by atoms with Crippen LogP contribution in [0.25, 0.3) is 0 Å². The van der Waals surface area contributed by atoms with E-state index in [1.54, 1.807) is 6.92 Å². The molecule has 132 valence electrons. The number of rotatable bonds is 9. The second kappa shape index (κ2) is 8.89. The maximum atomic E-state index is 12.0. The molecular formula is C17H30N2O4. The quantitative estimate of drug-likeness (QED) is 0.604. The third-order valence-electron chi connectivity index (χ3n) is 5.04. The summed E-state index contributed by atoms with van der Waals surface area (Å²) < 4.78 is 0. The Morgan fingerprint density at radius 3 is 2.22 bits per heavy atom. The predicted molar refractivity (Wildman–Crippen MR) is 87.8 cm³/mol. The van der Waals surface area contributed by atoms with Crippen LogP contribution in [0.1, 0.15) is 65.7 Å². The van der Waals surface area contributed by atoms with Crippen molar-refractivity contribution in [3.05, 3.63) is 0 Å². The second-order valence-electron chi connectivity index (χ2n) is 6.66. The van der Waals surface area contributed by atoms with Crippen LogP contribution in [-0.4, -0.2) is 35.5 Å². The molecule has 0 radical (unpaired) electrons. The molecule has 3 N–H and O–H groups in total. The highest BCUT2D eigenvalue weighted by atomic mass is 16.4. The largest absolute Gasteiger partial charge is 0.481 e. The Bertz CT molecular complexity index is 426. The molecule has 1 rings (SSSR count). The highest BCUT2D eigenvalue weighted by molar-refractivity contribution is 5.82. The Hall–Kier alpha value is -1.59. The van der Waals surface area contributed by atoms with Crippen molar-refractivity contribution >= 4 is 17.8 Å². The molecule has 23 heavy (non-hydrogen) atoms. The van der Waals surface area contributed by atoms with Crippen molar-refractivity contribution in [2.75, 3.05) is 6.54 Å². The molecule has 0 aliphatic heterocycles. The zero-order valence-corrected chi connectivity index (χ0v) is 14.5. The number of carboxylic acids is 1. The lowest BCUT2D eigenvalue weighted by atomic mass is 9.82. The average Bonchev–Trinajstić information content (AvgIpc) is 3.02. The van der Waals surface area contributed by atoms with E-state index < -0.39 is 11.4 Å². The molecule has 1 aliphatic rings. The molecule has 1 unspecified atom stereocenters. The van der Waals surface area contributed by atoms with Crippen molar-refractivity contribution in [3.8, 4) is 0 Å².